The quantitative estimate of drug-likeness (QED) is 0.514. The van der Waals surface area contributed by atoms with Crippen LogP contribution in [0.1, 0.15) is 57.8 Å². The Labute approximate surface area is 214 Å². The fourth-order valence-corrected chi connectivity index (χ4v) is 6.70. The first kappa shape index (κ1) is 26.1. The van der Waals surface area contributed by atoms with E-state index in [9.17, 15) is 22.8 Å². The highest BCUT2D eigenvalue weighted by molar-refractivity contribution is 7.89. The van der Waals surface area contributed by atoms with Crippen molar-refractivity contribution >= 4 is 44.3 Å². The minimum Gasteiger partial charge on any atom is -0.462 e. The SMILES string of the molecule is CCOC(=O)c1c(NC(=O)c2ccc(S(=O)(=O)N(C)C3CC3)cc2)sc2c1CCN(C(=O)OCC)C2. The van der Waals surface area contributed by atoms with Gasteiger partial charge < -0.3 is 19.7 Å². The second-order valence-corrected chi connectivity index (χ2v) is 11.6. The standard InChI is InChI=1S/C24H29N3O7S2/c1-4-33-23(29)20-18-12-13-27(24(30)34-5-2)14-19(18)35-22(20)25-21(28)15-6-10-17(11-7-15)36(31,32)26(3)16-8-9-16/h6-7,10-11,16H,4-5,8-9,12-14H2,1-3H3,(H,25,28). The van der Waals surface area contributed by atoms with Gasteiger partial charge in [-0.1, -0.05) is 0 Å². The molecular formula is C24H29N3O7S2. The first-order valence-electron chi connectivity index (χ1n) is 11.8. The molecule has 194 valence electrons. The lowest BCUT2D eigenvalue weighted by Crippen LogP contribution is -2.36. The summed E-state index contributed by atoms with van der Waals surface area (Å²) in [5, 5.41) is 3.12. The van der Waals surface area contributed by atoms with Crippen LogP contribution in [0.2, 0.25) is 0 Å². The molecule has 1 N–H and O–H groups in total. The third-order valence-corrected chi connectivity index (χ3v) is 9.20. The number of sulfonamides is 1. The highest BCUT2D eigenvalue weighted by atomic mass is 32.2. The third-order valence-electron chi connectivity index (χ3n) is 6.14. The minimum atomic E-state index is -3.62. The van der Waals surface area contributed by atoms with Crippen LogP contribution in [0.25, 0.3) is 0 Å². The van der Waals surface area contributed by atoms with Crippen LogP contribution < -0.4 is 5.32 Å². The van der Waals surface area contributed by atoms with Gasteiger partial charge in [-0.15, -0.1) is 11.3 Å². The van der Waals surface area contributed by atoms with Crippen LogP contribution in [0.4, 0.5) is 9.80 Å². The molecule has 0 bridgehead atoms. The number of carbonyl (C=O) groups is 3. The average molecular weight is 536 g/mol. The maximum atomic E-state index is 13.0. The number of esters is 1. The smallest absolute Gasteiger partial charge is 0.410 e. The van der Waals surface area contributed by atoms with Crippen molar-refractivity contribution in [1.82, 2.24) is 9.21 Å². The Morgan fingerprint density at radius 1 is 1.11 bits per heavy atom. The van der Waals surface area contributed by atoms with Crippen LogP contribution in [-0.4, -0.2) is 68.4 Å². The number of carbonyl (C=O) groups excluding carboxylic acids is 3. The molecule has 2 aromatic rings. The van der Waals surface area contributed by atoms with Crippen molar-refractivity contribution in [2.24, 2.45) is 0 Å². The van der Waals surface area contributed by atoms with Crippen LogP contribution in [0.3, 0.4) is 0 Å². The first-order chi connectivity index (χ1) is 17.2. The van der Waals surface area contributed by atoms with Gasteiger partial charge in [0.15, 0.2) is 0 Å². The van der Waals surface area contributed by atoms with Gasteiger partial charge in [-0.2, -0.15) is 4.31 Å². The van der Waals surface area contributed by atoms with E-state index in [0.717, 1.165) is 23.3 Å². The number of anilines is 1. The van der Waals surface area contributed by atoms with E-state index in [1.807, 2.05) is 0 Å². The number of nitrogens with one attached hydrogen (secondary N) is 1. The summed E-state index contributed by atoms with van der Waals surface area (Å²) in [6, 6.07) is 5.74. The van der Waals surface area contributed by atoms with Crippen LogP contribution in [-0.2, 0) is 32.5 Å². The number of ether oxygens (including phenoxy) is 2. The molecule has 1 aromatic carbocycles. The molecule has 2 aliphatic rings. The summed E-state index contributed by atoms with van der Waals surface area (Å²) in [6.45, 7) is 4.53. The van der Waals surface area contributed by atoms with Crippen LogP contribution in [0, 0.1) is 0 Å². The Morgan fingerprint density at radius 3 is 2.39 bits per heavy atom. The number of hydrogen-bond acceptors (Lipinski definition) is 8. The van der Waals surface area contributed by atoms with Crippen molar-refractivity contribution in [3.05, 3.63) is 45.8 Å². The minimum absolute atomic E-state index is 0.0314. The lowest BCUT2D eigenvalue weighted by atomic mass is 10.0. The van der Waals surface area contributed by atoms with E-state index in [1.165, 1.54) is 39.9 Å². The number of fused-ring (bicyclic) bond motifs is 1. The van der Waals surface area contributed by atoms with Gasteiger partial charge in [-0.25, -0.2) is 18.0 Å². The molecule has 36 heavy (non-hydrogen) atoms. The number of benzene rings is 1. The summed E-state index contributed by atoms with van der Waals surface area (Å²) < 4.78 is 37.2. The van der Waals surface area contributed by atoms with E-state index < -0.39 is 28.0 Å². The highest BCUT2D eigenvalue weighted by Gasteiger charge is 2.35. The van der Waals surface area contributed by atoms with Gasteiger partial charge >= 0.3 is 12.1 Å². The molecule has 1 saturated carbocycles. The number of amides is 2. The molecule has 1 aliphatic carbocycles. The molecule has 0 atom stereocenters. The average Bonchev–Trinajstić information content (AvgIpc) is 3.64. The summed E-state index contributed by atoms with van der Waals surface area (Å²) in [6.07, 6.45) is 1.69. The van der Waals surface area contributed by atoms with Gasteiger partial charge in [0.2, 0.25) is 10.0 Å². The van der Waals surface area contributed by atoms with E-state index in [0.29, 0.717) is 23.5 Å². The van der Waals surface area contributed by atoms with Gasteiger partial charge in [-0.05, 0) is 62.9 Å². The maximum Gasteiger partial charge on any atom is 0.410 e. The van der Waals surface area contributed by atoms with Crippen molar-refractivity contribution in [2.45, 2.75) is 50.6 Å². The Kier molecular flexibility index (Phi) is 7.67. The number of hydrogen-bond donors (Lipinski definition) is 1. The monoisotopic (exact) mass is 535 g/mol. The third kappa shape index (κ3) is 5.25. The number of rotatable bonds is 8. The van der Waals surface area contributed by atoms with Gasteiger partial charge in [-0.3, -0.25) is 4.79 Å². The van der Waals surface area contributed by atoms with Crippen molar-refractivity contribution < 1.29 is 32.3 Å². The fraction of sp³-hybridized carbons (Fsp3) is 0.458. The zero-order valence-corrected chi connectivity index (χ0v) is 22.0. The Hall–Kier alpha value is -2.96. The van der Waals surface area contributed by atoms with Crippen LogP contribution >= 0.6 is 11.3 Å². The van der Waals surface area contributed by atoms with Crippen LogP contribution in [0.5, 0.6) is 0 Å². The Bertz CT molecular complexity index is 1270. The molecule has 0 saturated heterocycles. The molecule has 0 unspecified atom stereocenters. The lowest BCUT2D eigenvalue weighted by molar-refractivity contribution is 0.0526. The molecular weight excluding hydrogens is 506 g/mol. The predicted molar refractivity (Wildman–Crippen MR) is 134 cm³/mol. The molecule has 2 heterocycles. The van der Waals surface area contributed by atoms with E-state index >= 15 is 0 Å². The zero-order valence-electron chi connectivity index (χ0n) is 20.4. The molecule has 0 spiro atoms. The van der Waals surface area contributed by atoms with E-state index in [-0.39, 0.29) is 36.3 Å². The summed E-state index contributed by atoms with van der Waals surface area (Å²) in [4.78, 5) is 40.4. The zero-order chi connectivity index (χ0) is 26.0. The van der Waals surface area contributed by atoms with Crippen molar-refractivity contribution in [3.63, 3.8) is 0 Å². The second-order valence-electron chi connectivity index (χ2n) is 8.53. The van der Waals surface area contributed by atoms with Crippen molar-refractivity contribution in [2.75, 3.05) is 32.1 Å². The Morgan fingerprint density at radius 2 is 1.78 bits per heavy atom. The summed E-state index contributed by atoms with van der Waals surface area (Å²) >= 11 is 1.22. The molecule has 1 fully saturated rings. The van der Waals surface area contributed by atoms with E-state index in [4.69, 9.17) is 9.47 Å². The largest absolute Gasteiger partial charge is 0.462 e. The molecule has 2 amide bonds. The topological polar surface area (TPSA) is 122 Å². The lowest BCUT2D eigenvalue weighted by Gasteiger charge is -2.26. The normalized spacial score (nSPS) is 15.4. The summed E-state index contributed by atoms with van der Waals surface area (Å²) in [7, 11) is -2.06. The molecule has 10 nitrogen and oxygen atoms in total. The van der Waals surface area contributed by atoms with Gasteiger partial charge in [0.25, 0.3) is 5.91 Å². The maximum absolute atomic E-state index is 13.0. The highest BCUT2D eigenvalue weighted by Crippen LogP contribution is 2.38. The predicted octanol–water partition coefficient (Wildman–Crippen LogP) is 3.47. The van der Waals surface area contributed by atoms with Crippen molar-refractivity contribution in [1.29, 1.82) is 0 Å². The van der Waals surface area contributed by atoms with Gasteiger partial charge in [0, 0.05) is 30.1 Å². The van der Waals surface area contributed by atoms with E-state index in [1.54, 1.807) is 25.8 Å². The molecule has 12 heteroatoms. The fourth-order valence-electron chi connectivity index (χ4n) is 4.04. The number of thiophene rings is 1. The molecule has 1 aromatic heterocycles. The summed E-state index contributed by atoms with van der Waals surface area (Å²) in [5.41, 5.74) is 1.29. The van der Waals surface area contributed by atoms with Gasteiger partial charge in [0.1, 0.15) is 5.00 Å². The molecule has 4 rings (SSSR count). The van der Waals surface area contributed by atoms with Gasteiger partial charge in [0.05, 0.1) is 30.2 Å². The van der Waals surface area contributed by atoms with Crippen LogP contribution in [0.15, 0.2) is 29.2 Å². The second kappa shape index (κ2) is 10.6. The number of nitrogens with zero attached hydrogens (tertiary/aromatic N) is 2. The Balaban J connectivity index is 1.56. The molecule has 1 aliphatic heterocycles. The molecule has 0 radical (unpaired) electrons. The summed E-state index contributed by atoms with van der Waals surface area (Å²) in [5.74, 6) is -1.03. The van der Waals surface area contributed by atoms with Crippen molar-refractivity contribution in [3.8, 4) is 0 Å². The first-order valence-corrected chi connectivity index (χ1v) is 14.1. The van der Waals surface area contributed by atoms with E-state index in [2.05, 4.69) is 5.32 Å².